The molecule has 0 aliphatic heterocycles. The summed E-state index contributed by atoms with van der Waals surface area (Å²) in [4.78, 5) is 0. The van der Waals surface area contributed by atoms with Crippen LogP contribution >= 0.6 is 0 Å². The van der Waals surface area contributed by atoms with Crippen molar-refractivity contribution >= 4 is 3.21 Å². The molecule has 0 aromatic heterocycles. The number of benzene rings is 2. The molecule has 0 atom stereocenters. The van der Waals surface area contributed by atoms with E-state index in [2.05, 4.69) is 147 Å². The third kappa shape index (κ3) is 13.3. The zero-order chi connectivity index (χ0) is 33.8. The van der Waals surface area contributed by atoms with Gasteiger partial charge in [-0.1, -0.05) is 106 Å². The molecule has 4 rings (SSSR count). The molecule has 256 valence electrons. The number of halogens is 2. The minimum absolute atomic E-state index is 0. The molecule has 0 nitrogen and oxygen atoms in total. The zero-order valence-corrected chi connectivity index (χ0v) is 36.2. The second kappa shape index (κ2) is 17.8. The molecule has 0 saturated heterocycles. The fourth-order valence-electron chi connectivity index (χ4n) is 6.03. The number of hydrogen-bond donors (Lipinski definition) is 0. The summed E-state index contributed by atoms with van der Waals surface area (Å²) in [5.74, 6) is 1.71. The Labute approximate surface area is 313 Å². The number of fused-ring (bicyclic) bond motifs is 3. The third-order valence-corrected chi connectivity index (χ3v) is 9.13. The molecule has 0 radical (unpaired) electrons. The van der Waals surface area contributed by atoms with Gasteiger partial charge < -0.3 is 24.8 Å². The standard InChI is InChI=1S/C29H41.C9H18.C5H5.2ClH.Zr/c1-26(2,3)22-14-18-13-19-15-23(27(4,5)6)25(29(10,11)12)17-21(19)20(18)16-24(22)28(7,8)9;1-8(2)6-5-7-9(3)4;1-2-4-5-3-1;;;/h14,16-17H,13H2,1-12H3;8-9H,6-7H2,1-4H3;1-3H,4H2;2*1H;/q-1;;-1;;;+2/p-2. The maximum absolute atomic E-state index is 3.90. The van der Waals surface area contributed by atoms with Gasteiger partial charge in [0, 0.05) is 0 Å². The monoisotopic (exact) mass is 740 g/mol. The minimum atomic E-state index is 0. The van der Waals surface area contributed by atoms with Gasteiger partial charge in [0.05, 0.1) is 0 Å². The van der Waals surface area contributed by atoms with Gasteiger partial charge in [-0.3, -0.25) is 6.08 Å². The molecule has 0 saturated carbocycles. The van der Waals surface area contributed by atoms with Crippen LogP contribution in [0, 0.1) is 24.0 Å². The predicted molar refractivity (Wildman–Crippen MR) is 194 cm³/mol. The molecule has 2 aromatic carbocycles. The molecule has 3 heteroatoms. The Morgan fingerprint density at radius 3 is 1.48 bits per heavy atom. The summed E-state index contributed by atoms with van der Waals surface area (Å²) in [5.41, 5.74) is 11.9. The maximum Gasteiger partial charge on any atom is -0.109 e. The van der Waals surface area contributed by atoms with Crippen LogP contribution in [0.25, 0.3) is 11.1 Å². The SMILES string of the molecule is CC(C)(C)c1[c-]c2c(cc1C(C)(C)C)-c1cc(C(C)(C)C)c(C(C)(C)C)cc1C2.CC(C)C[C](=[Zr+2])CC(C)C.[C-]1=CC=CC1.[Cl-].[Cl-]. The van der Waals surface area contributed by atoms with E-state index in [1.807, 2.05) is 12.2 Å². The van der Waals surface area contributed by atoms with E-state index >= 15 is 0 Å². The van der Waals surface area contributed by atoms with E-state index in [1.54, 1.807) is 27.4 Å². The fourth-order valence-corrected chi connectivity index (χ4v) is 8.04. The Morgan fingerprint density at radius 2 is 1.13 bits per heavy atom. The van der Waals surface area contributed by atoms with Crippen LogP contribution < -0.4 is 24.8 Å². The van der Waals surface area contributed by atoms with Crippen molar-refractivity contribution in [1.82, 2.24) is 0 Å². The Bertz CT molecular complexity index is 1240. The van der Waals surface area contributed by atoms with Gasteiger partial charge in [-0.25, -0.2) is 12.2 Å². The first kappa shape index (κ1) is 45.3. The molecule has 0 amide bonds. The van der Waals surface area contributed by atoms with Gasteiger partial charge in [0.2, 0.25) is 0 Å². The maximum atomic E-state index is 3.90. The number of rotatable bonds is 4. The molecule has 46 heavy (non-hydrogen) atoms. The Balaban J connectivity index is 0.000000988. The van der Waals surface area contributed by atoms with Crippen LogP contribution in [0.2, 0.25) is 0 Å². The van der Waals surface area contributed by atoms with E-state index in [-0.39, 0.29) is 46.5 Å². The summed E-state index contributed by atoms with van der Waals surface area (Å²) >= 11 is 1.65. The van der Waals surface area contributed by atoms with Crippen molar-refractivity contribution < 1.29 is 49.0 Å². The summed E-state index contributed by atoms with van der Waals surface area (Å²) in [5, 5.41) is 0. The topological polar surface area (TPSA) is 0 Å². The van der Waals surface area contributed by atoms with Gasteiger partial charge in [0.15, 0.2) is 0 Å². The Morgan fingerprint density at radius 1 is 0.674 bits per heavy atom. The van der Waals surface area contributed by atoms with Crippen molar-refractivity contribution in [3.05, 3.63) is 82.0 Å². The molecule has 2 aliphatic carbocycles. The van der Waals surface area contributed by atoms with Gasteiger partial charge in [0.1, 0.15) is 0 Å². The van der Waals surface area contributed by atoms with Gasteiger partial charge in [0.25, 0.3) is 0 Å². The molecular formula is C43H64Cl2Zr-2. The van der Waals surface area contributed by atoms with E-state index in [1.165, 1.54) is 57.3 Å². The van der Waals surface area contributed by atoms with Crippen molar-refractivity contribution in [1.29, 1.82) is 0 Å². The Hall–Kier alpha value is -0.747. The molecule has 2 aliphatic rings. The molecule has 2 aromatic rings. The smallest absolute Gasteiger partial charge is 0.109 e. The van der Waals surface area contributed by atoms with Gasteiger partial charge in [-0.05, 0) is 39.4 Å². The summed E-state index contributed by atoms with van der Waals surface area (Å²) in [6.45, 7) is 37.2. The summed E-state index contributed by atoms with van der Waals surface area (Å²) in [7, 11) is 0. The number of allylic oxidation sites excluding steroid dienone is 4. The third-order valence-electron chi connectivity index (χ3n) is 8.13. The molecule has 0 unspecified atom stereocenters. The first-order chi connectivity index (χ1) is 19.9. The largest absolute Gasteiger partial charge is 1.00 e. The predicted octanol–water partition coefficient (Wildman–Crippen LogP) is 6.36. The van der Waals surface area contributed by atoms with Crippen LogP contribution in [0.5, 0.6) is 0 Å². The van der Waals surface area contributed by atoms with E-state index in [0.29, 0.717) is 0 Å². The molecule has 0 heterocycles. The quantitative estimate of drug-likeness (QED) is 0.273. The molecule has 0 bridgehead atoms. The van der Waals surface area contributed by atoms with E-state index < -0.39 is 0 Å². The van der Waals surface area contributed by atoms with Crippen LogP contribution in [0.1, 0.15) is 163 Å². The average Bonchev–Trinajstić information content (AvgIpc) is 3.51. The molecule has 0 N–H and O–H groups in total. The van der Waals surface area contributed by atoms with Crippen LogP contribution in [-0.4, -0.2) is 3.21 Å². The Kier molecular flexibility index (Phi) is 17.5. The first-order valence-corrected chi connectivity index (χ1v) is 18.2. The van der Waals surface area contributed by atoms with Gasteiger partial charge in [-0.15, -0.1) is 23.1 Å². The van der Waals surface area contributed by atoms with Crippen LogP contribution in [0.3, 0.4) is 0 Å². The molecular weight excluding hydrogens is 679 g/mol. The zero-order valence-electron chi connectivity index (χ0n) is 32.2. The molecule has 0 fully saturated rings. The summed E-state index contributed by atoms with van der Waals surface area (Å²) in [6.07, 6.45) is 13.7. The van der Waals surface area contributed by atoms with Crippen molar-refractivity contribution in [3.8, 4) is 11.1 Å². The normalized spacial score (nSPS) is 13.7. The van der Waals surface area contributed by atoms with Crippen LogP contribution in [0.4, 0.5) is 0 Å². The van der Waals surface area contributed by atoms with E-state index in [9.17, 15) is 0 Å². The van der Waals surface area contributed by atoms with E-state index in [0.717, 1.165) is 24.7 Å². The van der Waals surface area contributed by atoms with Crippen molar-refractivity contribution in [2.45, 2.75) is 158 Å². The van der Waals surface area contributed by atoms with Crippen LogP contribution in [0.15, 0.2) is 36.4 Å². The second-order valence-electron chi connectivity index (χ2n) is 18.0. The van der Waals surface area contributed by atoms with E-state index in [4.69, 9.17) is 0 Å². The summed E-state index contributed by atoms with van der Waals surface area (Å²) in [6, 6.07) is 11.4. The molecule has 0 spiro atoms. The van der Waals surface area contributed by atoms with Gasteiger partial charge >= 0.3 is 79.8 Å². The first-order valence-electron chi connectivity index (χ1n) is 17.0. The average molecular weight is 743 g/mol. The minimum Gasteiger partial charge on any atom is -1.00 e. The van der Waals surface area contributed by atoms with Crippen molar-refractivity contribution in [2.75, 3.05) is 0 Å². The fraction of sp³-hybridized carbons (Fsp3) is 0.605. The second-order valence-corrected chi connectivity index (χ2v) is 19.7. The van der Waals surface area contributed by atoms with Gasteiger partial charge in [-0.2, -0.15) is 23.8 Å². The summed E-state index contributed by atoms with van der Waals surface area (Å²) < 4.78 is 1.75. The van der Waals surface area contributed by atoms with Crippen LogP contribution in [-0.2, 0) is 52.3 Å². The van der Waals surface area contributed by atoms with Crippen molar-refractivity contribution in [3.63, 3.8) is 0 Å². The van der Waals surface area contributed by atoms with Crippen molar-refractivity contribution in [2.24, 2.45) is 11.8 Å². The number of hydrogen-bond acceptors (Lipinski definition) is 0.